The summed E-state index contributed by atoms with van der Waals surface area (Å²) in [6.45, 7) is 0.171. The summed E-state index contributed by atoms with van der Waals surface area (Å²) in [5.74, 6) is -0.575. The Morgan fingerprint density at radius 3 is 2.67 bits per heavy atom. The number of nitrogen functional groups attached to an aromatic ring is 1. The molecule has 1 amide bonds. The normalized spacial score (nSPS) is 10.1. The second kappa shape index (κ2) is 6.23. The molecular weight excluding hydrogens is 294 g/mol. The maximum Gasteiger partial charge on any atom is 0.282 e. The van der Waals surface area contributed by atoms with Crippen molar-refractivity contribution in [2.75, 3.05) is 5.73 Å². The Labute approximate surface area is 125 Å². The van der Waals surface area contributed by atoms with Crippen molar-refractivity contribution < 1.29 is 9.72 Å². The number of hydrogen-bond acceptors (Lipinski definition) is 4. The van der Waals surface area contributed by atoms with E-state index in [1.807, 2.05) is 0 Å². The number of nitro groups is 1. The van der Waals surface area contributed by atoms with E-state index >= 15 is 0 Å². The van der Waals surface area contributed by atoms with Gasteiger partial charge >= 0.3 is 0 Å². The topological polar surface area (TPSA) is 98.3 Å². The predicted octanol–water partition coefficient (Wildman–Crippen LogP) is 2.76. The molecule has 0 atom stereocenters. The molecule has 6 nitrogen and oxygen atoms in total. The van der Waals surface area contributed by atoms with Crippen molar-refractivity contribution in [2.24, 2.45) is 0 Å². The highest BCUT2D eigenvalue weighted by atomic mass is 35.5. The van der Waals surface area contributed by atoms with E-state index in [9.17, 15) is 14.9 Å². The van der Waals surface area contributed by atoms with Crippen molar-refractivity contribution in [1.29, 1.82) is 0 Å². The number of benzene rings is 2. The third-order valence-corrected chi connectivity index (χ3v) is 3.23. The van der Waals surface area contributed by atoms with E-state index in [1.165, 1.54) is 18.2 Å². The predicted molar refractivity (Wildman–Crippen MR) is 80.1 cm³/mol. The van der Waals surface area contributed by atoms with Crippen LogP contribution in [0.1, 0.15) is 15.9 Å². The fourth-order valence-corrected chi connectivity index (χ4v) is 2.01. The average Bonchev–Trinajstić information content (AvgIpc) is 2.45. The highest BCUT2D eigenvalue weighted by molar-refractivity contribution is 6.31. The monoisotopic (exact) mass is 305 g/mol. The van der Waals surface area contributed by atoms with E-state index in [-0.39, 0.29) is 23.5 Å². The third-order valence-electron chi connectivity index (χ3n) is 2.86. The van der Waals surface area contributed by atoms with E-state index in [1.54, 1.807) is 24.3 Å². The molecule has 2 aromatic rings. The van der Waals surface area contributed by atoms with Crippen LogP contribution < -0.4 is 11.1 Å². The number of nitrogens with one attached hydrogen (secondary N) is 1. The van der Waals surface area contributed by atoms with Crippen LogP contribution >= 0.6 is 11.6 Å². The first-order valence-electron chi connectivity index (χ1n) is 6.04. The molecule has 0 aliphatic rings. The first kappa shape index (κ1) is 14.8. The Hall–Kier alpha value is -2.60. The molecule has 0 unspecified atom stereocenters. The van der Waals surface area contributed by atoms with Crippen molar-refractivity contribution in [3.8, 4) is 0 Å². The molecule has 3 N–H and O–H groups in total. The lowest BCUT2D eigenvalue weighted by atomic mass is 10.1. The van der Waals surface area contributed by atoms with Crippen molar-refractivity contribution in [3.05, 3.63) is 68.7 Å². The zero-order valence-corrected chi connectivity index (χ0v) is 11.6. The van der Waals surface area contributed by atoms with Gasteiger partial charge in [0.25, 0.3) is 11.6 Å². The Morgan fingerprint density at radius 1 is 1.29 bits per heavy atom. The number of anilines is 1. The van der Waals surface area contributed by atoms with Crippen molar-refractivity contribution in [2.45, 2.75) is 6.54 Å². The highest BCUT2D eigenvalue weighted by Gasteiger charge is 2.20. The molecule has 0 bridgehead atoms. The molecule has 2 aromatic carbocycles. The Kier molecular flexibility index (Phi) is 4.39. The molecule has 7 heteroatoms. The molecule has 2 rings (SSSR count). The number of halogens is 1. The summed E-state index contributed by atoms with van der Waals surface area (Å²) in [6, 6.07) is 10.9. The molecule has 0 aromatic heterocycles. The SMILES string of the molecule is Nc1ccc([N+](=O)[O-])c(C(=O)NCc2ccccc2Cl)c1. The highest BCUT2D eigenvalue weighted by Crippen LogP contribution is 2.21. The van der Waals surface area contributed by atoms with Gasteiger partial charge in [-0.2, -0.15) is 0 Å². The van der Waals surface area contributed by atoms with Gasteiger partial charge in [-0.25, -0.2) is 0 Å². The summed E-state index contributed by atoms with van der Waals surface area (Å²) >= 11 is 5.98. The number of amides is 1. The van der Waals surface area contributed by atoms with Crippen LogP contribution in [-0.4, -0.2) is 10.8 Å². The molecule has 0 spiro atoms. The molecular formula is C14H12ClN3O3. The Bertz CT molecular complexity index is 704. The summed E-state index contributed by atoms with van der Waals surface area (Å²) in [4.78, 5) is 22.4. The third kappa shape index (κ3) is 3.49. The van der Waals surface area contributed by atoms with Crippen LogP contribution in [0, 0.1) is 10.1 Å². The molecule has 108 valence electrons. The molecule has 0 fully saturated rings. The van der Waals surface area contributed by atoms with Gasteiger partial charge in [0.2, 0.25) is 0 Å². The van der Waals surface area contributed by atoms with Crippen LogP contribution in [0.5, 0.6) is 0 Å². The molecule has 0 aliphatic carbocycles. The van der Waals surface area contributed by atoms with Crippen LogP contribution in [-0.2, 0) is 6.54 Å². The Morgan fingerprint density at radius 2 is 2.00 bits per heavy atom. The van der Waals surface area contributed by atoms with Gasteiger partial charge in [-0.15, -0.1) is 0 Å². The summed E-state index contributed by atoms with van der Waals surface area (Å²) in [6.07, 6.45) is 0. The zero-order chi connectivity index (χ0) is 15.4. The van der Waals surface area contributed by atoms with Gasteiger partial charge in [0.1, 0.15) is 5.56 Å². The molecule has 0 aliphatic heterocycles. The second-order valence-electron chi connectivity index (χ2n) is 4.31. The van der Waals surface area contributed by atoms with Crippen LogP contribution in [0.4, 0.5) is 11.4 Å². The van der Waals surface area contributed by atoms with Crippen LogP contribution in [0.25, 0.3) is 0 Å². The van der Waals surface area contributed by atoms with E-state index in [0.29, 0.717) is 5.02 Å². The molecule has 0 heterocycles. The van der Waals surface area contributed by atoms with Crippen LogP contribution in [0.2, 0.25) is 5.02 Å². The van der Waals surface area contributed by atoms with Crippen molar-refractivity contribution in [1.82, 2.24) is 5.32 Å². The number of nitro benzene ring substituents is 1. The molecule has 21 heavy (non-hydrogen) atoms. The fraction of sp³-hybridized carbons (Fsp3) is 0.0714. The first-order valence-corrected chi connectivity index (χ1v) is 6.42. The second-order valence-corrected chi connectivity index (χ2v) is 4.71. The molecule has 0 saturated heterocycles. The van der Waals surface area contributed by atoms with Crippen LogP contribution in [0.15, 0.2) is 42.5 Å². The molecule has 0 saturated carbocycles. The van der Waals surface area contributed by atoms with E-state index in [4.69, 9.17) is 17.3 Å². The lowest BCUT2D eigenvalue weighted by molar-refractivity contribution is -0.385. The lowest BCUT2D eigenvalue weighted by Crippen LogP contribution is -2.24. The number of hydrogen-bond donors (Lipinski definition) is 2. The maximum atomic E-state index is 12.1. The van der Waals surface area contributed by atoms with Gasteiger partial charge in [-0.1, -0.05) is 29.8 Å². The number of carbonyl (C=O) groups is 1. The summed E-state index contributed by atoms with van der Waals surface area (Å²) in [7, 11) is 0. The van der Waals surface area contributed by atoms with Crippen molar-refractivity contribution in [3.63, 3.8) is 0 Å². The molecule has 0 radical (unpaired) electrons. The minimum absolute atomic E-state index is 0.0768. The smallest absolute Gasteiger partial charge is 0.282 e. The quantitative estimate of drug-likeness (QED) is 0.515. The minimum Gasteiger partial charge on any atom is -0.399 e. The Balaban J connectivity index is 2.19. The van der Waals surface area contributed by atoms with Gasteiger partial charge in [0.05, 0.1) is 4.92 Å². The van der Waals surface area contributed by atoms with Gasteiger partial charge in [-0.3, -0.25) is 14.9 Å². The fourth-order valence-electron chi connectivity index (χ4n) is 1.81. The number of nitrogens with two attached hydrogens (primary N) is 1. The largest absolute Gasteiger partial charge is 0.399 e. The van der Waals surface area contributed by atoms with Gasteiger partial charge in [-0.05, 0) is 23.8 Å². The number of nitrogens with zero attached hydrogens (tertiary/aromatic N) is 1. The average molecular weight is 306 g/mol. The minimum atomic E-state index is -0.621. The first-order chi connectivity index (χ1) is 9.99. The van der Waals surface area contributed by atoms with Gasteiger partial charge in [0.15, 0.2) is 0 Å². The van der Waals surface area contributed by atoms with Crippen LogP contribution in [0.3, 0.4) is 0 Å². The standard InChI is InChI=1S/C14H12ClN3O3/c15-12-4-2-1-3-9(12)8-17-14(19)11-7-10(16)5-6-13(11)18(20)21/h1-7H,8,16H2,(H,17,19). The van der Waals surface area contributed by atoms with E-state index in [0.717, 1.165) is 5.56 Å². The summed E-state index contributed by atoms with van der Waals surface area (Å²) in [5, 5.41) is 14.0. The number of rotatable bonds is 4. The maximum absolute atomic E-state index is 12.1. The van der Waals surface area contributed by atoms with Gasteiger partial charge < -0.3 is 11.1 Å². The lowest BCUT2D eigenvalue weighted by Gasteiger charge is -2.08. The summed E-state index contributed by atoms with van der Waals surface area (Å²) < 4.78 is 0. The van der Waals surface area contributed by atoms with E-state index < -0.39 is 10.8 Å². The van der Waals surface area contributed by atoms with Gasteiger partial charge in [0, 0.05) is 23.3 Å². The number of carbonyl (C=O) groups excluding carboxylic acids is 1. The zero-order valence-electron chi connectivity index (χ0n) is 10.9. The van der Waals surface area contributed by atoms with E-state index in [2.05, 4.69) is 5.32 Å². The summed E-state index contributed by atoms with van der Waals surface area (Å²) in [5.41, 5.74) is 6.21. The van der Waals surface area contributed by atoms with Crippen molar-refractivity contribution >= 4 is 28.9 Å².